The first kappa shape index (κ1) is 14.1. The van der Waals surface area contributed by atoms with Crippen molar-refractivity contribution in [3.8, 4) is 0 Å². The summed E-state index contributed by atoms with van der Waals surface area (Å²) in [5, 5.41) is 0. The molecule has 2 aliphatic rings. The summed E-state index contributed by atoms with van der Waals surface area (Å²) in [5.74, 6) is 0.266. The minimum Gasteiger partial charge on any atom is -0.399 e. The second kappa shape index (κ2) is 4.09. The van der Waals surface area contributed by atoms with Gasteiger partial charge in [-0.1, -0.05) is 18.2 Å². The standard InChI is InChI=1S/C14H19BO4S/c1-13(2)14(3,4)19-15(18-13)12-6-5-10-8-20(16,17)9-11(10)7-12/h5-7H,8-9H2,1-4H3. The molecule has 1 aromatic carbocycles. The third-order valence-corrected chi connectivity index (χ3v) is 6.01. The fourth-order valence-electron chi connectivity index (χ4n) is 2.57. The van der Waals surface area contributed by atoms with Crippen molar-refractivity contribution in [3.63, 3.8) is 0 Å². The zero-order chi connectivity index (χ0) is 14.8. The van der Waals surface area contributed by atoms with Crippen LogP contribution in [-0.4, -0.2) is 26.7 Å². The highest BCUT2D eigenvalue weighted by molar-refractivity contribution is 7.90. The van der Waals surface area contributed by atoms with Crippen LogP contribution in [0.4, 0.5) is 0 Å². The Morgan fingerprint density at radius 3 is 2.15 bits per heavy atom. The summed E-state index contributed by atoms with van der Waals surface area (Å²) in [5.41, 5.74) is 1.88. The maximum absolute atomic E-state index is 11.7. The van der Waals surface area contributed by atoms with Crippen LogP contribution in [0.1, 0.15) is 38.8 Å². The van der Waals surface area contributed by atoms with Crippen LogP contribution in [0.25, 0.3) is 0 Å². The molecule has 108 valence electrons. The van der Waals surface area contributed by atoms with E-state index in [0.717, 1.165) is 16.6 Å². The third-order valence-electron chi connectivity index (χ3n) is 4.51. The summed E-state index contributed by atoms with van der Waals surface area (Å²) in [4.78, 5) is 0. The predicted octanol–water partition coefficient (Wildman–Crippen LogP) is 1.41. The summed E-state index contributed by atoms with van der Waals surface area (Å²) < 4.78 is 35.3. The van der Waals surface area contributed by atoms with E-state index < -0.39 is 17.0 Å². The van der Waals surface area contributed by atoms with E-state index in [1.165, 1.54) is 0 Å². The molecule has 0 bridgehead atoms. The van der Waals surface area contributed by atoms with Crippen molar-refractivity contribution >= 4 is 22.4 Å². The summed E-state index contributed by atoms with van der Waals surface area (Å²) in [6, 6.07) is 5.68. The Balaban J connectivity index is 1.92. The highest BCUT2D eigenvalue weighted by Crippen LogP contribution is 2.36. The summed E-state index contributed by atoms with van der Waals surface area (Å²) in [6.07, 6.45) is 0. The Labute approximate surface area is 120 Å². The normalized spacial score (nSPS) is 25.7. The second-order valence-corrected chi connectivity index (χ2v) is 8.71. The van der Waals surface area contributed by atoms with E-state index in [4.69, 9.17) is 9.31 Å². The zero-order valence-electron chi connectivity index (χ0n) is 12.3. The van der Waals surface area contributed by atoms with Crippen molar-refractivity contribution in [2.45, 2.75) is 50.4 Å². The highest BCUT2D eigenvalue weighted by atomic mass is 32.2. The van der Waals surface area contributed by atoms with Gasteiger partial charge in [-0.05, 0) is 44.3 Å². The number of rotatable bonds is 1. The van der Waals surface area contributed by atoms with E-state index in [0.29, 0.717) is 0 Å². The van der Waals surface area contributed by atoms with E-state index in [-0.39, 0.29) is 22.7 Å². The van der Waals surface area contributed by atoms with Gasteiger partial charge in [0.2, 0.25) is 0 Å². The fraction of sp³-hybridized carbons (Fsp3) is 0.571. The summed E-state index contributed by atoms with van der Waals surface area (Å²) in [7, 11) is -3.41. The fourth-order valence-corrected chi connectivity index (χ4v) is 4.17. The van der Waals surface area contributed by atoms with Gasteiger partial charge in [0, 0.05) is 0 Å². The first-order chi connectivity index (χ1) is 9.10. The molecule has 1 saturated heterocycles. The van der Waals surface area contributed by atoms with E-state index in [2.05, 4.69) is 0 Å². The first-order valence-corrected chi connectivity index (χ1v) is 8.60. The van der Waals surface area contributed by atoms with Gasteiger partial charge in [-0.25, -0.2) is 8.42 Å². The summed E-state index contributed by atoms with van der Waals surface area (Å²) >= 11 is 0. The average molecular weight is 294 g/mol. The number of hydrogen-bond donors (Lipinski definition) is 0. The lowest BCUT2D eigenvalue weighted by Gasteiger charge is -2.32. The molecule has 2 heterocycles. The van der Waals surface area contributed by atoms with Gasteiger partial charge in [-0.3, -0.25) is 0 Å². The smallest absolute Gasteiger partial charge is 0.399 e. The lowest BCUT2D eigenvalue weighted by atomic mass is 9.78. The molecule has 2 aliphatic heterocycles. The Hall–Kier alpha value is -0.845. The Morgan fingerprint density at radius 1 is 1.00 bits per heavy atom. The Bertz CT molecular complexity index is 648. The van der Waals surface area contributed by atoms with Crippen LogP contribution >= 0.6 is 0 Å². The topological polar surface area (TPSA) is 52.6 Å². The molecule has 0 saturated carbocycles. The van der Waals surface area contributed by atoms with Gasteiger partial charge in [-0.2, -0.15) is 0 Å². The summed E-state index contributed by atoms with van der Waals surface area (Å²) in [6.45, 7) is 8.02. The molecule has 3 rings (SSSR count). The minimum absolute atomic E-state index is 0.121. The van der Waals surface area contributed by atoms with Crippen molar-refractivity contribution < 1.29 is 17.7 Å². The van der Waals surface area contributed by atoms with Crippen molar-refractivity contribution in [1.82, 2.24) is 0 Å². The number of hydrogen-bond acceptors (Lipinski definition) is 4. The van der Waals surface area contributed by atoms with Gasteiger partial charge >= 0.3 is 7.12 Å². The number of sulfone groups is 1. The van der Waals surface area contributed by atoms with E-state index in [9.17, 15) is 8.42 Å². The maximum atomic E-state index is 11.7. The molecule has 20 heavy (non-hydrogen) atoms. The van der Waals surface area contributed by atoms with Crippen LogP contribution in [0.15, 0.2) is 18.2 Å². The van der Waals surface area contributed by atoms with E-state index in [1.807, 2.05) is 45.9 Å². The SMILES string of the molecule is CC1(C)OB(c2ccc3c(c2)CS(=O)(=O)C3)OC1(C)C. The molecule has 1 fully saturated rings. The maximum Gasteiger partial charge on any atom is 0.494 e. The minimum atomic E-state index is -2.97. The Kier molecular flexibility index (Phi) is 2.88. The third kappa shape index (κ3) is 2.20. The highest BCUT2D eigenvalue weighted by Gasteiger charge is 2.51. The van der Waals surface area contributed by atoms with Crippen LogP contribution in [0.5, 0.6) is 0 Å². The van der Waals surface area contributed by atoms with Crippen molar-refractivity contribution in [2.75, 3.05) is 0 Å². The van der Waals surface area contributed by atoms with Crippen LogP contribution in [0, 0.1) is 0 Å². The molecule has 6 heteroatoms. The molecule has 4 nitrogen and oxygen atoms in total. The van der Waals surface area contributed by atoms with Crippen LogP contribution in [0.3, 0.4) is 0 Å². The van der Waals surface area contributed by atoms with Gasteiger partial charge in [0.25, 0.3) is 0 Å². The molecule has 0 aliphatic carbocycles. The van der Waals surface area contributed by atoms with Gasteiger partial charge in [0.05, 0.1) is 22.7 Å². The molecule has 0 aromatic heterocycles. The monoisotopic (exact) mass is 294 g/mol. The lowest BCUT2D eigenvalue weighted by Crippen LogP contribution is -2.41. The molecular weight excluding hydrogens is 275 g/mol. The van der Waals surface area contributed by atoms with E-state index in [1.54, 1.807) is 0 Å². The molecular formula is C14H19BO4S. The average Bonchev–Trinajstić information content (AvgIpc) is 2.69. The predicted molar refractivity (Wildman–Crippen MR) is 78.5 cm³/mol. The first-order valence-electron chi connectivity index (χ1n) is 6.77. The molecule has 1 aromatic rings. The largest absolute Gasteiger partial charge is 0.494 e. The number of benzene rings is 1. The van der Waals surface area contributed by atoms with Gasteiger partial charge in [0.1, 0.15) is 0 Å². The Morgan fingerprint density at radius 2 is 1.55 bits per heavy atom. The van der Waals surface area contributed by atoms with Crippen LogP contribution in [0.2, 0.25) is 0 Å². The molecule has 0 atom stereocenters. The van der Waals surface area contributed by atoms with Crippen molar-refractivity contribution in [1.29, 1.82) is 0 Å². The van der Waals surface area contributed by atoms with Crippen molar-refractivity contribution in [3.05, 3.63) is 29.3 Å². The van der Waals surface area contributed by atoms with Crippen LogP contribution in [-0.2, 0) is 30.7 Å². The molecule has 0 spiro atoms. The zero-order valence-corrected chi connectivity index (χ0v) is 13.1. The van der Waals surface area contributed by atoms with Gasteiger partial charge < -0.3 is 9.31 Å². The second-order valence-electron chi connectivity index (χ2n) is 6.65. The molecule has 0 amide bonds. The molecule has 0 radical (unpaired) electrons. The van der Waals surface area contributed by atoms with Crippen LogP contribution < -0.4 is 5.46 Å². The van der Waals surface area contributed by atoms with Crippen molar-refractivity contribution in [2.24, 2.45) is 0 Å². The number of fused-ring (bicyclic) bond motifs is 1. The molecule has 0 unspecified atom stereocenters. The van der Waals surface area contributed by atoms with E-state index >= 15 is 0 Å². The van der Waals surface area contributed by atoms with Gasteiger partial charge in [-0.15, -0.1) is 0 Å². The van der Waals surface area contributed by atoms with Gasteiger partial charge in [0.15, 0.2) is 9.84 Å². The molecule has 0 N–H and O–H groups in total. The quantitative estimate of drug-likeness (QED) is 0.735. The lowest BCUT2D eigenvalue weighted by molar-refractivity contribution is 0.00578.